The number of benzene rings is 1. The summed E-state index contributed by atoms with van der Waals surface area (Å²) in [6.45, 7) is 2.39. The molecule has 0 radical (unpaired) electrons. The highest BCUT2D eigenvalue weighted by molar-refractivity contribution is 5.99. The van der Waals surface area contributed by atoms with E-state index in [1.54, 1.807) is 12.4 Å². The summed E-state index contributed by atoms with van der Waals surface area (Å²) in [5.41, 5.74) is 3.47. The number of piperidine rings is 1. The Morgan fingerprint density at radius 1 is 1.00 bits per heavy atom. The minimum absolute atomic E-state index is 0.109. The van der Waals surface area contributed by atoms with Crippen LogP contribution in [-0.2, 0) is 6.54 Å². The Labute approximate surface area is 177 Å². The van der Waals surface area contributed by atoms with E-state index >= 15 is 0 Å². The van der Waals surface area contributed by atoms with Crippen LogP contribution >= 0.6 is 0 Å². The summed E-state index contributed by atoms with van der Waals surface area (Å²) in [6.07, 6.45) is 11.9. The highest BCUT2D eigenvalue weighted by Gasteiger charge is 2.34. The zero-order valence-electron chi connectivity index (χ0n) is 17.3. The lowest BCUT2D eigenvalue weighted by molar-refractivity contribution is 0.0521. The van der Waals surface area contributed by atoms with Gasteiger partial charge in [-0.2, -0.15) is 5.10 Å². The summed E-state index contributed by atoms with van der Waals surface area (Å²) in [6, 6.07) is 14.1. The molecule has 1 saturated heterocycles. The molecule has 2 atom stereocenters. The number of likely N-dealkylation sites (tertiary alicyclic amines) is 1. The highest BCUT2D eigenvalue weighted by Crippen LogP contribution is 2.37. The van der Waals surface area contributed by atoms with Crippen molar-refractivity contribution in [3.8, 4) is 11.3 Å². The van der Waals surface area contributed by atoms with Crippen molar-refractivity contribution in [1.29, 1.82) is 0 Å². The molecule has 2 fully saturated rings. The summed E-state index contributed by atoms with van der Waals surface area (Å²) in [5, 5.41) is 4.80. The molecule has 3 heterocycles. The zero-order chi connectivity index (χ0) is 20.3. The molecule has 5 heteroatoms. The van der Waals surface area contributed by atoms with Gasteiger partial charge in [-0.15, -0.1) is 0 Å². The fraction of sp³-hybridized carbons (Fsp3) is 0.400. The lowest BCUT2D eigenvalue weighted by Gasteiger charge is -2.41. The van der Waals surface area contributed by atoms with Crippen molar-refractivity contribution in [2.75, 3.05) is 13.1 Å². The average molecular weight is 401 g/mol. The number of carbonyl (C=O) groups is 1. The van der Waals surface area contributed by atoms with E-state index in [4.69, 9.17) is 5.10 Å². The van der Waals surface area contributed by atoms with Crippen LogP contribution in [0.5, 0.6) is 0 Å². The molecule has 2 unspecified atom stereocenters. The SMILES string of the molecule is O=C(c1cn(Cc2ccccc2)nc1-c1cccnc1)N1CCC2CCCCC2C1. The number of nitrogens with zero attached hydrogens (tertiary/aromatic N) is 4. The smallest absolute Gasteiger partial charge is 0.257 e. The molecule has 154 valence electrons. The molecular weight excluding hydrogens is 372 g/mol. The zero-order valence-corrected chi connectivity index (χ0v) is 17.3. The quantitative estimate of drug-likeness (QED) is 0.641. The minimum Gasteiger partial charge on any atom is -0.338 e. The Morgan fingerprint density at radius 2 is 1.83 bits per heavy atom. The molecule has 0 N–H and O–H groups in total. The Hall–Kier alpha value is -2.95. The van der Waals surface area contributed by atoms with Crippen molar-refractivity contribution in [3.05, 3.63) is 72.2 Å². The first kappa shape index (κ1) is 19.0. The van der Waals surface area contributed by atoms with Crippen molar-refractivity contribution < 1.29 is 4.79 Å². The molecule has 1 aliphatic carbocycles. The van der Waals surface area contributed by atoms with E-state index in [1.807, 2.05) is 41.2 Å². The van der Waals surface area contributed by atoms with E-state index in [0.717, 1.165) is 36.7 Å². The van der Waals surface area contributed by atoms with Crippen LogP contribution in [0.1, 0.15) is 48.0 Å². The van der Waals surface area contributed by atoms with Crippen molar-refractivity contribution in [1.82, 2.24) is 19.7 Å². The van der Waals surface area contributed by atoms with Crippen LogP contribution < -0.4 is 0 Å². The summed E-state index contributed by atoms with van der Waals surface area (Å²) < 4.78 is 1.89. The third kappa shape index (κ3) is 3.89. The van der Waals surface area contributed by atoms with Gasteiger partial charge in [-0.25, -0.2) is 0 Å². The number of aromatic nitrogens is 3. The van der Waals surface area contributed by atoms with Gasteiger partial charge in [-0.1, -0.05) is 49.6 Å². The second kappa shape index (κ2) is 8.42. The van der Waals surface area contributed by atoms with E-state index in [2.05, 4.69) is 22.0 Å². The van der Waals surface area contributed by atoms with Gasteiger partial charge in [0.1, 0.15) is 5.69 Å². The molecule has 30 heavy (non-hydrogen) atoms. The lowest BCUT2D eigenvalue weighted by Crippen LogP contribution is -2.44. The predicted molar refractivity (Wildman–Crippen MR) is 117 cm³/mol. The topological polar surface area (TPSA) is 51.0 Å². The number of pyridine rings is 1. The molecule has 5 nitrogen and oxygen atoms in total. The number of amides is 1. The molecule has 2 aromatic heterocycles. The molecule has 1 aliphatic heterocycles. The largest absolute Gasteiger partial charge is 0.338 e. The second-order valence-electron chi connectivity index (χ2n) is 8.66. The van der Waals surface area contributed by atoms with E-state index in [9.17, 15) is 4.79 Å². The van der Waals surface area contributed by atoms with E-state index in [1.165, 1.54) is 31.2 Å². The molecule has 3 aromatic rings. The van der Waals surface area contributed by atoms with Crippen molar-refractivity contribution in [3.63, 3.8) is 0 Å². The summed E-state index contributed by atoms with van der Waals surface area (Å²) in [5.74, 6) is 1.58. The van der Waals surface area contributed by atoms with Gasteiger partial charge in [0, 0.05) is 37.2 Å². The Bertz CT molecular complexity index is 999. The minimum atomic E-state index is 0.109. The van der Waals surface area contributed by atoms with Crippen LogP contribution in [0.15, 0.2) is 61.1 Å². The van der Waals surface area contributed by atoms with Crippen LogP contribution in [0.3, 0.4) is 0 Å². The van der Waals surface area contributed by atoms with Crippen LogP contribution in [0, 0.1) is 11.8 Å². The van der Waals surface area contributed by atoms with E-state index in [0.29, 0.717) is 18.0 Å². The molecule has 1 saturated carbocycles. The van der Waals surface area contributed by atoms with Crippen LogP contribution in [-0.4, -0.2) is 38.7 Å². The van der Waals surface area contributed by atoms with E-state index < -0.39 is 0 Å². The first-order valence-electron chi connectivity index (χ1n) is 11.1. The highest BCUT2D eigenvalue weighted by atomic mass is 16.2. The monoisotopic (exact) mass is 400 g/mol. The predicted octanol–water partition coefficient (Wildman–Crippen LogP) is 4.65. The summed E-state index contributed by atoms with van der Waals surface area (Å²) in [7, 11) is 0. The fourth-order valence-corrected chi connectivity index (χ4v) is 5.10. The maximum absolute atomic E-state index is 13.6. The molecule has 1 aromatic carbocycles. The van der Waals surface area contributed by atoms with Gasteiger partial charge in [0.15, 0.2) is 0 Å². The Balaban J connectivity index is 1.44. The van der Waals surface area contributed by atoms with Crippen molar-refractivity contribution in [2.24, 2.45) is 11.8 Å². The number of fused-ring (bicyclic) bond motifs is 1. The van der Waals surface area contributed by atoms with Gasteiger partial charge in [0.25, 0.3) is 5.91 Å². The number of hydrogen-bond donors (Lipinski definition) is 0. The first-order valence-corrected chi connectivity index (χ1v) is 11.1. The number of hydrogen-bond acceptors (Lipinski definition) is 3. The molecule has 2 aliphatic rings. The fourth-order valence-electron chi connectivity index (χ4n) is 5.10. The molecule has 1 amide bonds. The number of rotatable bonds is 4. The third-order valence-electron chi connectivity index (χ3n) is 6.69. The molecule has 5 rings (SSSR count). The maximum Gasteiger partial charge on any atom is 0.257 e. The Kier molecular flexibility index (Phi) is 5.35. The normalized spacial score (nSPS) is 21.3. The standard InChI is InChI=1S/C25H28N4O/c30-25(28-14-12-20-9-4-5-10-22(20)17-28)23-18-29(16-19-7-2-1-3-8-19)27-24(23)21-11-6-13-26-15-21/h1-3,6-8,11,13,15,18,20,22H,4-5,9-10,12,14,16-17H2. The summed E-state index contributed by atoms with van der Waals surface area (Å²) in [4.78, 5) is 19.9. The second-order valence-corrected chi connectivity index (χ2v) is 8.66. The van der Waals surface area contributed by atoms with Gasteiger partial charge in [0.05, 0.1) is 12.1 Å². The Morgan fingerprint density at radius 3 is 2.63 bits per heavy atom. The summed E-state index contributed by atoms with van der Waals surface area (Å²) >= 11 is 0. The first-order chi connectivity index (χ1) is 14.8. The van der Waals surface area contributed by atoms with Gasteiger partial charge >= 0.3 is 0 Å². The third-order valence-corrected chi connectivity index (χ3v) is 6.69. The van der Waals surface area contributed by atoms with Gasteiger partial charge in [-0.3, -0.25) is 14.5 Å². The maximum atomic E-state index is 13.6. The van der Waals surface area contributed by atoms with Crippen LogP contribution in [0.25, 0.3) is 11.3 Å². The lowest BCUT2D eigenvalue weighted by atomic mass is 9.75. The van der Waals surface area contributed by atoms with Gasteiger partial charge < -0.3 is 4.90 Å². The molecular formula is C25H28N4O. The van der Waals surface area contributed by atoms with Crippen molar-refractivity contribution >= 4 is 5.91 Å². The average Bonchev–Trinajstić information content (AvgIpc) is 3.23. The molecule has 0 spiro atoms. The van der Waals surface area contributed by atoms with Crippen LogP contribution in [0.4, 0.5) is 0 Å². The van der Waals surface area contributed by atoms with Crippen LogP contribution in [0.2, 0.25) is 0 Å². The van der Waals surface area contributed by atoms with E-state index in [-0.39, 0.29) is 5.91 Å². The van der Waals surface area contributed by atoms with Gasteiger partial charge in [0.2, 0.25) is 0 Å². The number of carbonyl (C=O) groups excluding carboxylic acids is 1. The molecule has 0 bridgehead atoms. The van der Waals surface area contributed by atoms with Crippen molar-refractivity contribution in [2.45, 2.75) is 38.6 Å². The van der Waals surface area contributed by atoms with Gasteiger partial charge in [-0.05, 0) is 42.4 Å².